The summed E-state index contributed by atoms with van der Waals surface area (Å²) in [5.41, 5.74) is 5.71. The van der Waals surface area contributed by atoms with Crippen molar-refractivity contribution in [2.75, 3.05) is 12.3 Å². The first-order valence-corrected chi connectivity index (χ1v) is 5.81. The van der Waals surface area contributed by atoms with E-state index in [0.717, 1.165) is 0 Å². The van der Waals surface area contributed by atoms with Gasteiger partial charge in [0.15, 0.2) is 23.2 Å². The van der Waals surface area contributed by atoms with E-state index in [9.17, 15) is 14.6 Å². The normalized spacial score (nSPS) is 30.2. The number of ether oxygens (including phenoxy) is 1. The maximum atomic E-state index is 13.2. The predicted octanol–water partition coefficient (Wildman–Crippen LogP) is -1.84. The molecule has 1 aliphatic heterocycles. The van der Waals surface area contributed by atoms with Crippen molar-refractivity contribution in [3.05, 3.63) is 12.4 Å². The van der Waals surface area contributed by atoms with Crippen LogP contribution in [0.15, 0.2) is 6.33 Å². The molecule has 20 heavy (non-hydrogen) atoms. The van der Waals surface area contributed by atoms with Crippen LogP contribution in [0, 0.1) is 6.08 Å². The molecule has 0 saturated carbocycles. The Bertz CT molecular complexity index is 650. The Morgan fingerprint density at radius 3 is 2.75 bits per heavy atom. The molecule has 3 heterocycles. The van der Waals surface area contributed by atoms with Gasteiger partial charge in [0.2, 0.25) is 0 Å². The van der Waals surface area contributed by atoms with Gasteiger partial charge < -0.3 is 25.8 Å². The van der Waals surface area contributed by atoms with Crippen LogP contribution < -0.4 is 5.73 Å². The van der Waals surface area contributed by atoms with E-state index in [1.54, 1.807) is 0 Å². The third-order valence-electron chi connectivity index (χ3n) is 3.21. The molecule has 1 aliphatic rings. The topological polar surface area (TPSA) is 140 Å². The molecule has 0 radical (unpaired) electrons. The number of rotatable bonds is 2. The molecule has 0 unspecified atom stereocenters. The highest BCUT2D eigenvalue weighted by Crippen LogP contribution is 2.31. The number of nitrogens with two attached hydrogens (primary N) is 1. The molecule has 5 N–H and O–H groups in total. The first-order valence-electron chi connectivity index (χ1n) is 5.81. The quantitative estimate of drug-likeness (QED) is 0.472. The zero-order chi connectivity index (χ0) is 14.4. The molecule has 0 aliphatic carbocycles. The Hall–Kier alpha value is -1.88. The maximum absolute atomic E-state index is 13.2. The van der Waals surface area contributed by atoms with Crippen LogP contribution in [-0.2, 0) is 4.74 Å². The van der Waals surface area contributed by atoms with E-state index < -0.39 is 37.2 Å². The van der Waals surface area contributed by atoms with Crippen molar-refractivity contribution in [1.29, 1.82) is 0 Å². The molecule has 1 fully saturated rings. The minimum atomic E-state index is -1.32. The highest BCUT2D eigenvalue weighted by Gasteiger charge is 2.44. The zero-order valence-electron chi connectivity index (χ0n) is 10.1. The summed E-state index contributed by atoms with van der Waals surface area (Å²) in [5, 5.41) is 28.7. The molecule has 0 aromatic carbocycles. The summed E-state index contributed by atoms with van der Waals surface area (Å²) in [7, 11) is 0. The van der Waals surface area contributed by atoms with Gasteiger partial charge in [-0.05, 0) is 0 Å². The van der Waals surface area contributed by atoms with Gasteiger partial charge in [0.05, 0.1) is 12.9 Å². The van der Waals surface area contributed by atoms with Gasteiger partial charge in [-0.2, -0.15) is 14.4 Å². The molecule has 3 rings (SSSR count). The van der Waals surface area contributed by atoms with Crippen LogP contribution in [0.5, 0.6) is 0 Å². The molecule has 0 spiro atoms. The van der Waals surface area contributed by atoms with Crippen LogP contribution in [0.1, 0.15) is 6.23 Å². The summed E-state index contributed by atoms with van der Waals surface area (Å²) in [6.07, 6.45) is -4.38. The minimum Gasteiger partial charge on any atom is -0.394 e. The van der Waals surface area contributed by atoms with Gasteiger partial charge in [-0.15, -0.1) is 0 Å². The molecule has 0 amide bonds. The number of hydrogen-bond acceptors (Lipinski definition) is 8. The van der Waals surface area contributed by atoms with E-state index in [4.69, 9.17) is 15.6 Å². The van der Waals surface area contributed by atoms with E-state index in [-0.39, 0.29) is 17.0 Å². The average molecular weight is 285 g/mol. The molecule has 9 nitrogen and oxygen atoms in total. The molecular formula is C10H12FN5O4. The van der Waals surface area contributed by atoms with Crippen LogP contribution >= 0.6 is 0 Å². The SMILES string of the molecule is Nc1nc(F)nc2c1ncn2[C@H]1O[C@H](CO)[C@@H](O)[C@H]1O. The van der Waals surface area contributed by atoms with E-state index in [1.807, 2.05) is 0 Å². The van der Waals surface area contributed by atoms with Crippen molar-refractivity contribution in [1.82, 2.24) is 19.5 Å². The van der Waals surface area contributed by atoms with Gasteiger partial charge in [0, 0.05) is 0 Å². The van der Waals surface area contributed by atoms with E-state index >= 15 is 0 Å². The van der Waals surface area contributed by atoms with Crippen molar-refractivity contribution in [3.63, 3.8) is 0 Å². The van der Waals surface area contributed by atoms with Crippen molar-refractivity contribution in [2.45, 2.75) is 24.5 Å². The van der Waals surface area contributed by atoms with Crippen molar-refractivity contribution in [2.24, 2.45) is 0 Å². The Morgan fingerprint density at radius 1 is 1.35 bits per heavy atom. The fourth-order valence-electron chi connectivity index (χ4n) is 2.21. The highest BCUT2D eigenvalue weighted by atomic mass is 19.1. The molecule has 10 heteroatoms. The van der Waals surface area contributed by atoms with Gasteiger partial charge in [0.25, 0.3) is 0 Å². The lowest BCUT2D eigenvalue weighted by atomic mass is 10.1. The van der Waals surface area contributed by atoms with E-state index in [2.05, 4.69) is 15.0 Å². The van der Waals surface area contributed by atoms with Gasteiger partial charge in [-0.3, -0.25) is 4.57 Å². The monoisotopic (exact) mass is 285 g/mol. The van der Waals surface area contributed by atoms with Gasteiger partial charge >= 0.3 is 6.08 Å². The smallest absolute Gasteiger partial charge is 0.312 e. The second kappa shape index (κ2) is 4.59. The second-order valence-electron chi connectivity index (χ2n) is 4.43. The number of anilines is 1. The summed E-state index contributed by atoms with van der Waals surface area (Å²) >= 11 is 0. The fourth-order valence-corrected chi connectivity index (χ4v) is 2.21. The Labute approximate surface area is 111 Å². The number of nitrogens with zero attached hydrogens (tertiary/aromatic N) is 4. The predicted molar refractivity (Wildman–Crippen MR) is 62.7 cm³/mol. The Morgan fingerprint density at radius 2 is 2.10 bits per heavy atom. The molecule has 1 saturated heterocycles. The van der Waals surface area contributed by atoms with Crippen LogP contribution in [-0.4, -0.2) is 59.8 Å². The van der Waals surface area contributed by atoms with Gasteiger partial charge in [-0.25, -0.2) is 4.98 Å². The first-order chi connectivity index (χ1) is 9.52. The summed E-state index contributed by atoms with van der Waals surface area (Å²) in [4.78, 5) is 10.8. The van der Waals surface area contributed by atoms with E-state index in [1.165, 1.54) is 10.9 Å². The Balaban J connectivity index is 2.07. The van der Waals surface area contributed by atoms with Crippen molar-refractivity contribution in [3.8, 4) is 0 Å². The van der Waals surface area contributed by atoms with Crippen molar-refractivity contribution < 1.29 is 24.4 Å². The standard InChI is InChI=1S/C10H12FN5O4/c11-10-14-7(12)4-8(15-10)16(2-13-4)9-6(19)5(18)3(1-17)20-9/h2-3,5-6,9,17-19H,1H2,(H2,12,14,15)/t3-,5-,6-,9+/m1/s1. The number of fused-ring (bicyclic) bond motifs is 1. The minimum absolute atomic E-state index is 0.0323. The molecule has 2 aromatic heterocycles. The number of aliphatic hydroxyl groups excluding tert-OH is 3. The molecule has 108 valence electrons. The number of nitrogen functional groups attached to an aromatic ring is 1. The average Bonchev–Trinajstić information content (AvgIpc) is 2.93. The Kier molecular flexibility index (Phi) is 3.01. The second-order valence-corrected chi connectivity index (χ2v) is 4.43. The molecule has 4 atom stereocenters. The molecular weight excluding hydrogens is 273 g/mol. The highest BCUT2D eigenvalue weighted by molar-refractivity contribution is 5.81. The van der Waals surface area contributed by atoms with Crippen LogP contribution in [0.25, 0.3) is 11.2 Å². The first kappa shape index (κ1) is 13.1. The lowest BCUT2D eigenvalue weighted by molar-refractivity contribution is -0.0511. The molecule has 0 bridgehead atoms. The third-order valence-corrected chi connectivity index (χ3v) is 3.21. The summed E-state index contributed by atoms with van der Waals surface area (Å²) < 4.78 is 19.8. The maximum Gasteiger partial charge on any atom is 0.312 e. The fraction of sp³-hybridized carbons (Fsp3) is 0.500. The van der Waals surface area contributed by atoms with Crippen LogP contribution in [0.3, 0.4) is 0 Å². The van der Waals surface area contributed by atoms with Gasteiger partial charge in [0.1, 0.15) is 18.3 Å². The van der Waals surface area contributed by atoms with Crippen LogP contribution in [0.2, 0.25) is 0 Å². The number of halogens is 1. The summed E-state index contributed by atoms with van der Waals surface area (Å²) in [5.74, 6) is -0.141. The summed E-state index contributed by atoms with van der Waals surface area (Å²) in [6, 6.07) is 0. The number of aliphatic hydroxyl groups is 3. The van der Waals surface area contributed by atoms with Gasteiger partial charge in [-0.1, -0.05) is 0 Å². The van der Waals surface area contributed by atoms with Crippen LogP contribution in [0.4, 0.5) is 10.2 Å². The molecule has 2 aromatic rings. The largest absolute Gasteiger partial charge is 0.394 e. The number of imidazole rings is 1. The number of hydrogen-bond donors (Lipinski definition) is 4. The van der Waals surface area contributed by atoms with Crippen molar-refractivity contribution >= 4 is 17.0 Å². The lowest BCUT2D eigenvalue weighted by Gasteiger charge is -2.16. The van der Waals surface area contributed by atoms with E-state index in [0.29, 0.717) is 0 Å². The third kappa shape index (κ3) is 1.81. The zero-order valence-corrected chi connectivity index (χ0v) is 10.1. The summed E-state index contributed by atoms with van der Waals surface area (Å²) in [6.45, 7) is -0.465. The number of aromatic nitrogens is 4. The lowest BCUT2D eigenvalue weighted by Crippen LogP contribution is -2.33.